The van der Waals surface area contributed by atoms with Crippen LogP contribution < -0.4 is 15.1 Å². The smallest absolute Gasteiger partial charge is 0.159 e. The topological polar surface area (TPSA) is 56.1 Å². The number of fused-ring (bicyclic) bond motifs is 7. The van der Waals surface area contributed by atoms with E-state index >= 15 is 0 Å². The van der Waals surface area contributed by atoms with Crippen LogP contribution in [0.3, 0.4) is 0 Å². The summed E-state index contributed by atoms with van der Waals surface area (Å²) < 4.78 is 0. The van der Waals surface area contributed by atoms with Crippen molar-refractivity contribution in [3.8, 4) is 0 Å². The van der Waals surface area contributed by atoms with E-state index in [1.807, 2.05) is 6.20 Å². The number of nitrogens with zero attached hydrogens (tertiary/aromatic N) is 5. The summed E-state index contributed by atoms with van der Waals surface area (Å²) in [6.45, 7) is 6.95. The molecule has 1 aromatic heterocycles. The van der Waals surface area contributed by atoms with Gasteiger partial charge < -0.3 is 15.1 Å². The van der Waals surface area contributed by atoms with Gasteiger partial charge in [-0.2, -0.15) is 0 Å². The van der Waals surface area contributed by atoms with Crippen molar-refractivity contribution in [1.82, 2.24) is 10.3 Å². The van der Waals surface area contributed by atoms with E-state index < -0.39 is 5.66 Å². The monoisotopic (exact) mass is 788 g/mol. The molecule has 0 amide bonds. The van der Waals surface area contributed by atoms with Gasteiger partial charge in [-0.25, -0.2) is 15.0 Å². The molecule has 2 aliphatic carbocycles. The van der Waals surface area contributed by atoms with Gasteiger partial charge in [0.25, 0.3) is 0 Å². The molecule has 1 N–H and O–H groups in total. The summed E-state index contributed by atoms with van der Waals surface area (Å²) in [6.07, 6.45) is 14.5. The van der Waals surface area contributed by atoms with Crippen molar-refractivity contribution in [2.45, 2.75) is 43.8 Å². The fourth-order valence-electron chi connectivity index (χ4n) is 10.7. The molecule has 0 spiro atoms. The van der Waals surface area contributed by atoms with Crippen LogP contribution in [0.2, 0.25) is 0 Å². The minimum Gasteiger partial charge on any atom is -0.342 e. The molecule has 61 heavy (non-hydrogen) atoms. The van der Waals surface area contributed by atoms with Crippen LogP contribution in [0.5, 0.6) is 0 Å². The zero-order valence-corrected chi connectivity index (χ0v) is 34.4. The van der Waals surface area contributed by atoms with Crippen LogP contribution >= 0.6 is 0 Å². The van der Waals surface area contributed by atoms with Crippen molar-refractivity contribution < 1.29 is 0 Å². The number of anilines is 3. The first-order chi connectivity index (χ1) is 29.8. The van der Waals surface area contributed by atoms with Gasteiger partial charge in [-0.3, -0.25) is 0 Å². The number of amidine groups is 2. The van der Waals surface area contributed by atoms with Gasteiger partial charge in [-0.05, 0) is 114 Å². The highest BCUT2D eigenvalue weighted by atomic mass is 15.3. The molecule has 0 fully saturated rings. The first-order valence-corrected chi connectivity index (χ1v) is 21.3. The lowest BCUT2D eigenvalue weighted by Crippen LogP contribution is -2.47. The predicted octanol–water partition coefficient (Wildman–Crippen LogP) is 12.0. The van der Waals surface area contributed by atoms with Crippen molar-refractivity contribution in [2.24, 2.45) is 15.9 Å². The maximum atomic E-state index is 5.40. The maximum Gasteiger partial charge on any atom is 0.159 e. The largest absolute Gasteiger partial charge is 0.342 e. The Labute approximate surface area is 356 Å². The Hall–Kier alpha value is -7.31. The molecule has 3 aliphatic heterocycles. The van der Waals surface area contributed by atoms with Crippen molar-refractivity contribution in [1.29, 1.82) is 0 Å². The van der Waals surface area contributed by atoms with E-state index in [1.165, 1.54) is 50.1 Å². The Bertz CT molecular complexity index is 3170. The molecule has 4 atom stereocenters. The van der Waals surface area contributed by atoms with Crippen molar-refractivity contribution in [2.75, 3.05) is 9.80 Å². The molecule has 294 valence electrons. The van der Waals surface area contributed by atoms with E-state index in [0.29, 0.717) is 5.84 Å². The molecule has 5 aliphatic rings. The van der Waals surface area contributed by atoms with E-state index in [0.717, 1.165) is 40.2 Å². The number of aromatic nitrogens is 1. The minimum absolute atomic E-state index is 0.179. The molecule has 12 rings (SSSR count). The van der Waals surface area contributed by atoms with Crippen LogP contribution in [0.1, 0.15) is 49.4 Å². The lowest BCUT2D eigenvalue weighted by Gasteiger charge is -2.40. The summed E-state index contributed by atoms with van der Waals surface area (Å²) >= 11 is 0. The summed E-state index contributed by atoms with van der Waals surface area (Å²) in [4.78, 5) is 20.9. The fraction of sp³-hybridized carbons (Fsp3) is 0.145. The Balaban J connectivity index is 0.999. The highest BCUT2D eigenvalue weighted by Gasteiger charge is 2.55. The second kappa shape index (κ2) is 13.1. The fourth-order valence-corrected chi connectivity index (χ4v) is 10.7. The number of hydrogen-bond donors (Lipinski definition) is 1. The second-order valence-corrected chi connectivity index (χ2v) is 17.5. The summed E-state index contributed by atoms with van der Waals surface area (Å²) in [7, 11) is 0. The normalized spacial score (nSPS) is 24.8. The van der Waals surface area contributed by atoms with Crippen LogP contribution in [0.4, 0.5) is 17.2 Å². The van der Waals surface area contributed by atoms with Crippen molar-refractivity contribution in [3.63, 3.8) is 0 Å². The van der Waals surface area contributed by atoms with E-state index in [1.54, 1.807) is 0 Å². The highest BCUT2D eigenvalue weighted by Crippen LogP contribution is 2.61. The first-order valence-electron chi connectivity index (χ1n) is 21.3. The van der Waals surface area contributed by atoms with Gasteiger partial charge in [0.2, 0.25) is 0 Å². The number of nitrogens with one attached hydrogen (secondary N) is 1. The molecule has 0 saturated heterocycles. The van der Waals surface area contributed by atoms with E-state index in [4.69, 9.17) is 15.0 Å². The van der Waals surface area contributed by atoms with Gasteiger partial charge in [0.05, 0.1) is 5.54 Å². The van der Waals surface area contributed by atoms with Crippen molar-refractivity contribution >= 4 is 50.4 Å². The van der Waals surface area contributed by atoms with Gasteiger partial charge >= 0.3 is 0 Å². The van der Waals surface area contributed by atoms with Crippen molar-refractivity contribution in [3.05, 3.63) is 227 Å². The number of allylic oxidation sites excluding steroid dienone is 4. The van der Waals surface area contributed by atoms with Crippen LogP contribution in [0, 0.1) is 5.92 Å². The SMILES string of the molecule is CC1(c2ccc3ccccc3c2)N=C(c2ccc3ccccc3c2)N=C(c2ccnc(N3C4=C(CC5(C)C(=C4)N(c4ccccc4)c4ccccc45)C4C=CC=CC43C)c2)N1. The Morgan fingerprint density at radius 2 is 1.39 bits per heavy atom. The van der Waals surface area contributed by atoms with Gasteiger partial charge in [-0.15, -0.1) is 0 Å². The van der Waals surface area contributed by atoms with Crippen LogP contribution in [-0.4, -0.2) is 22.2 Å². The average Bonchev–Trinajstić information content (AvgIpc) is 3.71. The van der Waals surface area contributed by atoms with Gasteiger partial charge in [0.15, 0.2) is 11.5 Å². The summed E-state index contributed by atoms with van der Waals surface area (Å²) in [5.74, 6) is 2.50. The highest BCUT2D eigenvalue weighted by molar-refractivity contribution is 6.14. The number of para-hydroxylation sites is 2. The number of pyridine rings is 1. The number of aliphatic imine (C=N–C) groups is 2. The standard InChI is InChI=1S/C55H44N6/c1-53-35-44-45-21-13-14-29-54(45,2)61(48(44)34-49(53)60(43-19-5-4-6-20-43)47-23-12-11-22-46(47)53)50-33-41(28-30-56-50)52-57-51(40-25-24-36-15-7-9-17-38(36)31-40)58-55(3,59-52)42-27-26-37-16-8-10-18-39(37)32-42/h4-34,45H,35H2,1-3H3,(H,57,58,59). The average molecular weight is 789 g/mol. The Morgan fingerprint density at radius 1 is 0.672 bits per heavy atom. The zero-order chi connectivity index (χ0) is 40.9. The van der Waals surface area contributed by atoms with Gasteiger partial charge in [-0.1, -0.05) is 133 Å². The predicted molar refractivity (Wildman–Crippen MR) is 250 cm³/mol. The zero-order valence-electron chi connectivity index (χ0n) is 34.4. The van der Waals surface area contributed by atoms with Gasteiger partial charge in [0.1, 0.15) is 11.7 Å². The molecule has 6 heteroatoms. The van der Waals surface area contributed by atoms with E-state index in [-0.39, 0.29) is 16.9 Å². The Kier molecular flexibility index (Phi) is 7.65. The summed E-state index contributed by atoms with van der Waals surface area (Å²) in [5.41, 5.74) is 9.34. The van der Waals surface area contributed by atoms with Crippen LogP contribution in [0.15, 0.2) is 215 Å². The number of hydrogen-bond acceptors (Lipinski definition) is 6. The Morgan fingerprint density at radius 3 is 2.21 bits per heavy atom. The molecule has 7 aromatic rings. The number of benzene rings is 6. The molecule has 4 unspecified atom stereocenters. The molecule has 0 radical (unpaired) electrons. The molecule has 4 heterocycles. The van der Waals surface area contributed by atoms with Crippen LogP contribution in [-0.2, 0) is 11.1 Å². The summed E-state index contributed by atoms with van der Waals surface area (Å²) in [6, 6.07) is 54.1. The lowest BCUT2D eigenvalue weighted by atomic mass is 9.69. The summed E-state index contributed by atoms with van der Waals surface area (Å²) in [5, 5.41) is 8.54. The quantitative estimate of drug-likeness (QED) is 0.189. The third-order valence-electron chi connectivity index (χ3n) is 13.8. The molecule has 6 nitrogen and oxygen atoms in total. The first kappa shape index (κ1) is 35.6. The lowest BCUT2D eigenvalue weighted by molar-refractivity contribution is 0.455. The minimum atomic E-state index is -0.806. The molecule has 0 bridgehead atoms. The van der Waals surface area contributed by atoms with E-state index in [2.05, 4.69) is 218 Å². The third-order valence-corrected chi connectivity index (χ3v) is 13.8. The van der Waals surface area contributed by atoms with E-state index in [9.17, 15) is 0 Å². The molecular formula is C55H44N6. The van der Waals surface area contributed by atoms with Crippen LogP contribution in [0.25, 0.3) is 21.5 Å². The number of rotatable bonds is 5. The maximum absolute atomic E-state index is 5.40. The third kappa shape index (κ3) is 5.38. The molecule has 0 saturated carbocycles. The second-order valence-electron chi connectivity index (χ2n) is 17.5. The molecular weight excluding hydrogens is 745 g/mol. The molecule has 6 aromatic carbocycles. The van der Waals surface area contributed by atoms with Gasteiger partial charge in [0, 0.05) is 51.4 Å².